The molecule has 0 saturated carbocycles. The normalized spacial score (nSPS) is 11.1. The Hall–Kier alpha value is -1.03. The highest BCUT2D eigenvalue weighted by Crippen LogP contribution is 2.01. The molecule has 0 saturated heterocycles. The third-order valence-electron chi connectivity index (χ3n) is 1.30. The van der Waals surface area contributed by atoms with Crippen molar-refractivity contribution in [1.29, 1.82) is 0 Å². The molecule has 4 nitrogen and oxygen atoms in total. The highest BCUT2D eigenvalue weighted by molar-refractivity contribution is 5.85. The van der Waals surface area contributed by atoms with E-state index in [2.05, 4.69) is 4.74 Å². The van der Waals surface area contributed by atoms with Crippen LogP contribution in [0, 0.1) is 0 Å². The number of rotatable bonds is 5. The summed E-state index contributed by atoms with van der Waals surface area (Å²) in [5, 5.41) is 8.46. The van der Waals surface area contributed by atoms with Crippen molar-refractivity contribution < 1.29 is 19.4 Å². The van der Waals surface area contributed by atoms with Gasteiger partial charge in [0.15, 0.2) is 5.76 Å². The molecule has 0 bridgehead atoms. The highest BCUT2D eigenvalue weighted by atomic mass is 16.6. The first-order valence-corrected chi connectivity index (χ1v) is 3.69. The molecule has 70 valence electrons. The molecular weight excluding hydrogens is 160 g/mol. The van der Waals surface area contributed by atoms with Crippen LogP contribution in [0.5, 0.6) is 0 Å². The smallest absolute Gasteiger partial charge is 0.372 e. The molecule has 0 radical (unpaired) electrons. The molecule has 4 heteroatoms. The third-order valence-corrected chi connectivity index (χ3v) is 1.30. The summed E-state index contributed by atoms with van der Waals surface area (Å²) in [4.78, 5) is 10.9. The van der Waals surface area contributed by atoms with Crippen LogP contribution >= 0.6 is 0 Å². The molecule has 0 amide bonds. The molecule has 0 aromatic heterocycles. The Bertz CT molecular complexity index is 162. The number of ether oxygens (including phenoxy) is 2. The van der Waals surface area contributed by atoms with Gasteiger partial charge in [0.2, 0.25) is 0 Å². The van der Waals surface area contributed by atoms with E-state index in [4.69, 9.17) is 9.84 Å². The maximum atomic E-state index is 10.9. The lowest BCUT2D eigenvalue weighted by molar-refractivity contribution is -0.139. The van der Waals surface area contributed by atoms with E-state index in [-0.39, 0.29) is 12.4 Å². The number of esters is 1. The van der Waals surface area contributed by atoms with Gasteiger partial charge in [-0.1, -0.05) is 0 Å². The third kappa shape index (κ3) is 3.98. The van der Waals surface area contributed by atoms with Crippen LogP contribution in [-0.2, 0) is 14.3 Å². The Morgan fingerprint density at radius 1 is 1.42 bits per heavy atom. The molecule has 0 aromatic carbocycles. The summed E-state index contributed by atoms with van der Waals surface area (Å²) in [5.41, 5.74) is 0. The second kappa shape index (κ2) is 6.67. The Balaban J connectivity index is 3.95. The number of unbranched alkanes of at least 4 members (excludes halogenated alkanes) is 1. The van der Waals surface area contributed by atoms with Gasteiger partial charge in [-0.25, -0.2) is 4.79 Å². The van der Waals surface area contributed by atoms with E-state index in [1.165, 1.54) is 14.2 Å². The van der Waals surface area contributed by atoms with Crippen molar-refractivity contribution in [2.75, 3.05) is 20.8 Å². The predicted molar refractivity (Wildman–Crippen MR) is 43.4 cm³/mol. The fraction of sp³-hybridized carbons (Fsp3) is 0.625. The van der Waals surface area contributed by atoms with Crippen molar-refractivity contribution >= 4 is 5.97 Å². The maximum absolute atomic E-state index is 10.9. The number of carbonyl (C=O) groups is 1. The number of hydrogen-bond donors (Lipinski definition) is 1. The van der Waals surface area contributed by atoms with Crippen molar-refractivity contribution in [3.63, 3.8) is 0 Å². The van der Waals surface area contributed by atoms with E-state index in [0.717, 1.165) is 0 Å². The van der Waals surface area contributed by atoms with Crippen LogP contribution in [0.25, 0.3) is 0 Å². The zero-order valence-electron chi connectivity index (χ0n) is 7.37. The molecule has 0 heterocycles. The highest BCUT2D eigenvalue weighted by Gasteiger charge is 2.07. The van der Waals surface area contributed by atoms with Gasteiger partial charge in [-0.3, -0.25) is 0 Å². The quantitative estimate of drug-likeness (QED) is 0.285. The second-order valence-corrected chi connectivity index (χ2v) is 2.13. The monoisotopic (exact) mass is 174 g/mol. The molecule has 0 atom stereocenters. The van der Waals surface area contributed by atoms with Gasteiger partial charge in [0, 0.05) is 6.61 Å². The van der Waals surface area contributed by atoms with Crippen LogP contribution in [0.3, 0.4) is 0 Å². The predicted octanol–water partition coefficient (Wildman–Crippen LogP) is 0.462. The Morgan fingerprint density at radius 3 is 2.50 bits per heavy atom. The van der Waals surface area contributed by atoms with Crippen LogP contribution in [0.2, 0.25) is 0 Å². The fourth-order valence-electron chi connectivity index (χ4n) is 0.675. The first-order chi connectivity index (χ1) is 5.76. The molecule has 0 unspecified atom stereocenters. The van der Waals surface area contributed by atoms with Gasteiger partial charge in [-0.15, -0.1) is 0 Å². The number of allylic oxidation sites excluding steroid dienone is 1. The molecule has 0 aliphatic heterocycles. The minimum atomic E-state index is -0.490. The van der Waals surface area contributed by atoms with Gasteiger partial charge < -0.3 is 14.6 Å². The van der Waals surface area contributed by atoms with Crippen molar-refractivity contribution in [3.8, 4) is 0 Å². The Morgan fingerprint density at radius 2 is 2.08 bits per heavy atom. The largest absolute Gasteiger partial charge is 0.490 e. The number of aliphatic hydroxyl groups excluding tert-OH is 1. The first-order valence-electron chi connectivity index (χ1n) is 3.69. The average molecular weight is 174 g/mol. The van der Waals surface area contributed by atoms with E-state index in [1.807, 2.05) is 0 Å². The molecule has 0 rings (SSSR count). The lowest BCUT2D eigenvalue weighted by Gasteiger charge is -2.02. The summed E-state index contributed by atoms with van der Waals surface area (Å²) in [6, 6.07) is 0. The molecule has 0 fully saturated rings. The Kier molecular flexibility index (Phi) is 6.09. The van der Waals surface area contributed by atoms with Crippen LogP contribution in [0.1, 0.15) is 12.8 Å². The van der Waals surface area contributed by atoms with Crippen LogP contribution in [0.15, 0.2) is 11.8 Å². The van der Waals surface area contributed by atoms with Gasteiger partial charge in [0.25, 0.3) is 0 Å². The van der Waals surface area contributed by atoms with Crippen LogP contribution in [0.4, 0.5) is 0 Å². The van der Waals surface area contributed by atoms with E-state index >= 15 is 0 Å². The van der Waals surface area contributed by atoms with Crippen LogP contribution < -0.4 is 0 Å². The molecule has 1 N–H and O–H groups in total. The van der Waals surface area contributed by atoms with E-state index in [0.29, 0.717) is 12.8 Å². The minimum absolute atomic E-state index is 0.106. The summed E-state index contributed by atoms with van der Waals surface area (Å²) in [7, 11) is 2.70. The summed E-state index contributed by atoms with van der Waals surface area (Å²) >= 11 is 0. The van der Waals surface area contributed by atoms with Gasteiger partial charge in [-0.2, -0.15) is 0 Å². The van der Waals surface area contributed by atoms with Crippen molar-refractivity contribution in [2.24, 2.45) is 0 Å². The first kappa shape index (κ1) is 11.0. The summed E-state index contributed by atoms with van der Waals surface area (Å²) < 4.78 is 9.19. The molecule has 0 spiro atoms. The zero-order chi connectivity index (χ0) is 9.40. The standard InChI is InChI=1S/C8H14O4/c1-11-7(8(10)12-2)5-3-4-6-9/h5,9H,3-4,6H2,1-2H3. The van der Waals surface area contributed by atoms with Gasteiger partial charge in [-0.05, 0) is 18.9 Å². The maximum Gasteiger partial charge on any atom is 0.372 e. The van der Waals surface area contributed by atoms with Gasteiger partial charge in [0.05, 0.1) is 14.2 Å². The number of carbonyl (C=O) groups excluding carboxylic acids is 1. The zero-order valence-corrected chi connectivity index (χ0v) is 7.37. The SMILES string of the molecule is COC(=O)C(=CCCCO)OC. The lowest BCUT2D eigenvalue weighted by atomic mass is 10.3. The number of aliphatic hydroxyl groups is 1. The van der Waals surface area contributed by atoms with Crippen LogP contribution in [-0.4, -0.2) is 31.9 Å². The number of hydrogen-bond acceptors (Lipinski definition) is 4. The fourth-order valence-corrected chi connectivity index (χ4v) is 0.675. The number of methoxy groups -OCH3 is 2. The van der Waals surface area contributed by atoms with Crippen molar-refractivity contribution in [2.45, 2.75) is 12.8 Å². The minimum Gasteiger partial charge on any atom is -0.490 e. The second-order valence-electron chi connectivity index (χ2n) is 2.13. The van der Waals surface area contributed by atoms with E-state index < -0.39 is 5.97 Å². The average Bonchev–Trinajstić information content (AvgIpc) is 2.11. The summed E-state index contributed by atoms with van der Waals surface area (Å²) in [5.74, 6) is -0.304. The lowest BCUT2D eigenvalue weighted by Crippen LogP contribution is -2.06. The molecule has 12 heavy (non-hydrogen) atoms. The van der Waals surface area contributed by atoms with E-state index in [1.54, 1.807) is 6.08 Å². The Labute approximate surface area is 71.8 Å². The van der Waals surface area contributed by atoms with Crippen molar-refractivity contribution in [1.82, 2.24) is 0 Å². The van der Waals surface area contributed by atoms with Gasteiger partial charge in [0.1, 0.15) is 0 Å². The van der Waals surface area contributed by atoms with Gasteiger partial charge >= 0.3 is 5.97 Å². The molecule has 0 aliphatic carbocycles. The topological polar surface area (TPSA) is 55.8 Å². The summed E-state index contributed by atoms with van der Waals surface area (Å²) in [6.07, 6.45) is 2.82. The molecular formula is C8H14O4. The van der Waals surface area contributed by atoms with E-state index in [9.17, 15) is 4.79 Å². The molecule has 0 aromatic rings. The summed E-state index contributed by atoms with van der Waals surface area (Å²) in [6.45, 7) is 0.106. The molecule has 0 aliphatic rings. The van der Waals surface area contributed by atoms with Crippen molar-refractivity contribution in [3.05, 3.63) is 11.8 Å².